The van der Waals surface area contributed by atoms with Crippen LogP contribution in [0.5, 0.6) is 0 Å². The van der Waals surface area contributed by atoms with Gasteiger partial charge in [-0.05, 0) is 12.8 Å². The highest BCUT2D eigenvalue weighted by Crippen LogP contribution is 2.11. The zero-order valence-electron chi connectivity index (χ0n) is 13.6. The maximum atomic E-state index is 5.53. The van der Waals surface area contributed by atoms with Gasteiger partial charge in [0, 0.05) is 6.61 Å². The summed E-state index contributed by atoms with van der Waals surface area (Å²) in [6.07, 6.45) is 19.0. The van der Waals surface area contributed by atoms with Crippen molar-refractivity contribution in [2.24, 2.45) is 0 Å². The molecular formula is C18H37O. The number of rotatable bonds is 16. The molecule has 1 nitrogen and oxygen atoms in total. The Morgan fingerprint density at radius 2 is 1.05 bits per heavy atom. The summed E-state index contributed by atoms with van der Waals surface area (Å²) in [7, 11) is 0. The Bertz CT molecular complexity index is 129. The molecule has 0 unspecified atom stereocenters. The van der Waals surface area contributed by atoms with Gasteiger partial charge in [0.2, 0.25) is 0 Å². The third-order valence-corrected chi connectivity index (χ3v) is 3.66. The van der Waals surface area contributed by atoms with Crippen LogP contribution in [-0.4, -0.2) is 6.61 Å². The second-order valence-electron chi connectivity index (χ2n) is 5.72. The van der Waals surface area contributed by atoms with E-state index >= 15 is 0 Å². The first-order chi connectivity index (χ1) is 9.41. The van der Waals surface area contributed by atoms with Crippen LogP contribution < -0.4 is 0 Å². The third-order valence-electron chi connectivity index (χ3n) is 3.66. The molecule has 0 atom stereocenters. The molecule has 0 rings (SSSR count). The lowest BCUT2D eigenvalue weighted by Crippen LogP contribution is -1.92. The zero-order chi connectivity index (χ0) is 14.0. The monoisotopic (exact) mass is 269 g/mol. The average molecular weight is 269 g/mol. The molecule has 0 spiro atoms. The lowest BCUT2D eigenvalue weighted by atomic mass is 10.1. The van der Waals surface area contributed by atoms with E-state index in [0.29, 0.717) is 0 Å². The molecule has 0 N–H and O–H groups in total. The Balaban J connectivity index is 2.88. The lowest BCUT2D eigenvalue weighted by Gasteiger charge is -2.04. The van der Waals surface area contributed by atoms with Gasteiger partial charge in [-0.3, -0.25) is 0 Å². The second-order valence-corrected chi connectivity index (χ2v) is 5.72. The highest BCUT2D eigenvalue weighted by Gasteiger charge is 1.94. The summed E-state index contributed by atoms with van der Waals surface area (Å²) in [4.78, 5) is 0. The predicted molar refractivity (Wildman–Crippen MR) is 86.2 cm³/mol. The van der Waals surface area contributed by atoms with Gasteiger partial charge in [0.05, 0.1) is 6.61 Å². The van der Waals surface area contributed by atoms with Crippen LogP contribution in [0.3, 0.4) is 0 Å². The summed E-state index contributed by atoms with van der Waals surface area (Å²) in [5, 5.41) is 0. The molecule has 1 radical (unpaired) electrons. The van der Waals surface area contributed by atoms with Gasteiger partial charge in [-0.1, -0.05) is 90.9 Å². The first-order valence-corrected chi connectivity index (χ1v) is 8.85. The molecule has 0 saturated heterocycles. The molecule has 0 aromatic carbocycles. The van der Waals surface area contributed by atoms with Gasteiger partial charge >= 0.3 is 0 Å². The smallest absolute Gasteiger partial charge is 0.0836 e. The molecule has 0 aromatic heterocycles. The molecular weight excluding hydrogens is 232 g/mol. The lowest BCUT2D eigenvalue weighted by molar-refractivity contribution is 0.184. The van der Waals surface area contributed by atoms with Gasteiger partial charge in [0.1, 0.15) is 0 Å². The molecule has 0 heterocycles. The molecule has 0 bridgehead atoms. The normalized spacial score (nSPS) is 11.1. The van der Waals surface area contributed by atoms with Crippen molar-refractivity contribution in [1.29, 1.82) is 0 Å². The van der Waals surface area contributed by atoms with E-state index in [9.17, 15) is 0 Å². The summed E-state index contributed by atoms with van der Waals surface area (Å²) in [5.74, 6) is 0. The first-order valence-electron chi connectivity index (χ1n) is 8.85. The third kappa shape index (κ3) is 18.0. The van der Waals surface area contributed by atoms with Crippen LogP contribution in [0.15, 0.2) is 0 Å². The van der Waals surface area contributed by atoms with Gasteiger partial charge in [-0.2, -0.15) is 0 Å². The fourth-order valence-electron chi connectivity index (χ4n) is 2.32. The quantitative estimate of drug-likeness (QED) is 0.284. The molecule has 19 heavy (non-hydrogen) atoms. The van der Waals surface area contributed by atoms with Gasteiger partial charge in [-0.25, -0.2) is 0 Å². The topological polar surface area (TPSA) is 9.23 Å². The maximum absolute atomic E-state index is 5.53. The Morgan fingerprint density at radius 3 is 1.63 bits per heavy atom. The first kappa shape index (κ1) is 19.0. The molecule has 0 aliphatic carbocycles. The van der Waals surface area contributed by atoms with Gasteiger partial charge < -0.3 is 4.74 Å². The minimum absolute atomic E-state index is 0.928. The maximum Gasteiger partial charge on any atom is 0.0836 e. The Labute approximate surface area is 122 Å². The second kappa shape index (κ2) is 18.0. The van der Waals surface area contributed by atoms with Crippen LogP contribution in [0, 0.1) is 6.61 Å². The van der Waals surface area contributed by atoms with Gasteiger partial charge in [-0.15, -0.1) is 0 Å². The van der Waals surface area contributed by atoms with Crippen LogP contribution in [-0.2, 0) is 4.74 Å². The number of ether oxygens (including phenoxy) is 1. The number of unbranched alkanes of at least 4 members (excludes halogenated alkanes) is 12. The van der Waals surface area contributed by atoms with E-state index in [-0.39, 0.29) is 0 Å². The Kier molecular flexibility index (Phi) is 17.9. The molecule has 0 fully saturated rings. The average Bonchev–Trinajstić information content (AvgIpc) is 2.43. The molecule has 0 amide bonds. The number of hydrogen-bond acceptors (Lipinski definition) is 1. The Morgan fingerprint density at radius 1 is 0.579 bits per heavy atom. The predicted octanol–water partition coefficient (Wildman–Crippen LogP) is 6.67. The van der Waals surface area contributed by atoms with E-state index in [4.69, 9.17) is 4.74 Å². The minimum atomic E-state index is 0.928. The van der Waals surface area contributed by atoms with Crippen molar-refractivity contribution in [2.75, 3.05) is 6.61 Å². The van der Waals surface area contributed by atoms with Crippen LogP contribution in [0.25, 0.3) is 0 Å². The molecule has 0 saturated carbocycles. The molecule has 0 aliphatic rings. The van der Waals surface area contributed by atoms with Crippen molar-refractivity contribution < 1.29 is 4.74 Å². The van der Waals surface area contributed by atoms with E-state index in [1.54, 1.807) is 0 Å². The SMILES string of the molecule is CCCCCCCCCCC[CH]OCCCCCC. The van der Waals surface area contributed by atoms with Crippen molar-refractivity contribution >= 4 is 0 Å². The van der Waals surface area contributed by atoms with Crippen molar-refractivity contribution in [3.05, 3.63) is 6.61 Å². The van der Waals surface area contributed by atoms with Crippen molar-refractivity contribution in [3.63, 3.8) is 0 Å². The summed E-state index contributed by atoms with van der Waals surface area (Å²) in [5.41, 5.74) is 0. The van der Waals surface area contributed by atoms with E-state index in [1.807, 2.05) is 6.61 Å². The summed E-state index contributed by atoms with van der Waals surface area (Å²) >= 11 is 0. The fourth-order valence-corrected chi connectivity index (χ4v) is 2.32. The van der Waals surface area contributed by atoms with Crippen LogP contribution in [0.2, 0.25) is 0 Å². The fraction of sp³-hybridized carbons (Fsp3) is 0.944. The molecule has 1 heteroatoms. The minimum Gasteiger partial charge on any atom is -0.376 e. The van der Waals surface area contributed by atoms with Crippen molar-refractivity contribution in [1.82, 2.24) is 0 Å². The number of hydrogen-bond donors (Lipinski definition) is 0. The van der Waals surface area contributed by atoms with Crippen molar-refractivity contribution in [2.45, 2.75) is 104 Å². The van der Waals surface area contributed by atoms with Crippen LogP contribution >= 0.6 is 0 Å². The van der Waals surface area contributed by atoms with E-state index in [0.717, 1.165) is 13.0 Å². The summed E-state index contributed by atoms with van der Waals surface area (Å²) in [6.45, 7) is 7.49. The summed E-state index contributed by atoms with van der Waals surface area (Å²) < 4.78 is 5.53. The molecule has 115 valence electrons. The Hall–Kier alpha value is -0.0400. The highest BCUT2D eigenvalue weighted by atomic mass is 16.5. The van der Waals surface area contributed by atoms with Crippen LogP contribution in [0.1, 0.15) is 104 Å². The standard InChI is InChI=1S/C18H37O/c1-3-5-7-9-10-11-12-13-14-16-18-19-17-15-8-6-4-2/h18H,3-17H2,1-2H3. The van der Waals surface area contributed by atoms with Crippen LogP contribution in [0.4, 0.5) is 0 Å². The van der Waals surface area contributed by atoms with E-state index in [2.05, 4.69) is 13.8 Å². The van der Waals surface area contributed by atoms with Gasteiger partial charge in [0.25, 0.3) is 0 Å². The summed E-state index contributed by atoms with van der Waals surface area (Å²) in [6, 6.07) is 0. The van der Waals surface area contributed by atoms with Crippen molar-refractivity contribution in [3.8, 4) is 0 Å². The molecule has 0 aliphatic heterocycles. The van der Waals surface area contributed by atoms with Gasteiger partial charge in [0.15, 0.2) is 0 Å². The largest absolute Gasteiger partial charge is 0.376 e. The van der Waals surface area contributed by atoms with E-state index in [1.165, 1.54) is 83.5 Å². The zero-order valence-corrected chi connectivity index (χ0v) is 13.6. The van der Waals surface area contributed by atoms with E-state index < -0.39 is 0 Å². The highest BCUT2D eigenvalue weighted by molar-refractivity contribution is 4.53. The molecule has 0 aromatic rings.